The van der Waals surface area contributed by atoms with Gasteiger partial charge in [0.25, 0.3) is 0 Å². The van der Waals surface area contributed by atoms with Gasteiger partial charge in [-0.15, -0.1) is 0 Å². The number of halogens is 1. The Morgan fingerprint density at radius 2 is 2.05 bits per heavy atom. The standard InChI is InChI=1S/C15H14INO4/c1-19-11-3-6-12(13(9-11)20-2)17-15(18)8-5-10-4-7-14(16)21-10/h3-9H,1-2H3,(H,17,18). The largest absolute Gasteiger partial charge is 0.497 e. The SMILES string of the molecule is COc1ccc(NC(=O)C=Cc2ccc(I)o2)c(OC)c1. The van der Waals surface area contributed by atoms with Crippen LogP contribution in [0.5, 0.6) is 11.5 Å². The van der Waals surface area contributed by atoms with Gasteiger partial charge in [0, 0.05) is 12.1 Å². The van der Waals surface area contributed by atoms with Crippen LogP contribution in [0, 0.1) is 3.77 Å². The molecule has 0 aliphatic heterocycles. The average Bonchev–Trinajstić information content (AvgIpc) is 2.91. The fourth-order valence-corrected chi connectivity index (χ4v) is 2.09. The monoisotopic (exact) mass is 399 g/mol. The van der Waals surface area contributed by atoms with Crippen LogP contribution in [0.2, 0.25) is 0 Å². The third kappa shape index (κ3) is 4.25. The van der Waals surface area contributed by atoms with Crippen molar-refractivity contribution < 1.29 is 18.7 Å². The third-order valence-corrected chi connectivity index (χ3v) is 3.24. The van der Waals surface area contributed by atoms with Crippen molar-refractivity contribution in [2.24, 2.45) is 0 Å². The summed E-state index contributed by atoms with van der Waals surface area (Å²) < 4.78 is 16.4. The van der Waals surface area contributed by atoms with Gasteiger partial charge in [0.2, 0.25) is 5.91 Å². The van der Waals surface area contributed by atoms with Gasteiger partial charge in [0.1, 0.15) is 17.3 Å². The fourth-order valence-electron chi connectivity index (χ4n) is 1.65. The molecule has 0 unspecified atom stereocenters. The molecule has 5 nitrogen and oxygen atoms in total. The van der Waals surface area contributed by atoms with Crippen molar-refractivity contribution in [3.63, 3.8) is 0 Å². The molecule has 110 valence electrons. The Balaban J connectivity index is 2.07. The average molecular weight is 399 g/mol. The topological polar surface area (TPSA) is 60.7 Å². The first-order chi connectivity index (χ1) is 10.1. The Hall–Kier alpha value is -1.96. The second-order valence-corrected chi connectivity index (χ2v) is 5.09. The van der Waals surface area contributed by atoms with Crippen LogP contribution in [0.25, 0.3) is 6.08 Å². The first-order valence-electron chi connectivity index (χ1n) is 6.09. The molecular formula is C15H14INO4. The van der Waals surface area contributed by atoms with Crippen molar-refractivity contribution in [1.82, 2.24) is 0 Å². The first kappa shape index (κ1) is 15.4. The highest BCUT2D eigenvalue weighted by Crippen LogP contribution is 2.29. The molecule has 2 aromatic rings. The van der Waals surface area contributed by atoms with Crippen LogP contribution in [0.15, 0.2) is 40.8 Å². The van der Waals surface area contributed by atoms with Gasteiger partial charge in [-0.1, -0.05) is 0 Å². The summed E-state index contributed by atoms with van der Waals surface area (Å²) in [4.78, 5) is 11.9. The number of hydrogen-bond donors (Lipinski definition) is 1. The lowest BCUT2D eigenvalue weighted by Gasteiger charge is -2.10. The van der Waals surface area contributed by atoms with E-state index >= 15 is 0 Å². The summed E-state index contributed by atoms with van der Waals surface area (Å²) >= 11 is 2.06. The molecular weight excluding hydrogens is 385 g/mol. The van der Waals surface area contributed by atoms with E-state index in [0.717, 1.165) is 3.77 Å². The Kier molecular flexibility index (Phi) is 5.26. The number of hydrogen-bond acceptors (Lipinski definition) is 4. The number of benzene rings is 1. The van der Waals surface area contributed by atoms with Gasteiger partial charge in [-0.2, -0.15) is 0 Å². The maximum atomic E-state index is 11.9. The zero-order valence-corrected chi connectivity index (χ0v) is 13.7. The van der Waals surface area contributed by atoms with Crippen molar-refractivity contribution in [1.29, 1.82) is 0 Å². The fraction of sp³-hybridized carbons (Fsp3) is 0.133. The highest BCUT2D eigenvalue weighted by atomic mass is 127. The van der Waals surface area contributed by atoms with Gasteiger partial charge >= 0.3 is 0 Å². The van der Waals surface area contributed by atoms with E-state index in [0.29, 0.717) is 22.9 Å². The number of nitrogens with one attached hydrogen (secondary N) is 1. The maximum Gasteiger partial charge on any atom is 0.248 e. The van der Waals surface area contributed by atoms with Gasteiger partial charge in [-0.05, 0) is 52.9 Å². The predicted molar refractivity (Wildman–Crippen MR) is 88.6 cm³/mol. The summed E-state index contributed by atoms with van der Waals surface area (Å²) in [6.07, 6.45) is 3.01. The molecule has 1 aromatic heterocycles. The number of carbonyl (C=O) groups is 1. The minimum absolute atomic E-state index is 0.273. The summed E-state index contributed by atoms with van der Waals surface area (Å²) in [5.41, 5.74) is 0.571. The van der Waals surface area contributed by atoms with Crippen LogP contribution in [0.3, 0.4) is 0 Å². The number of methoxy groups -OCH3 is 2. The number of anilines is 1. The summed E-state index contributed by atoms with van der Waals surface area (Å²) in [5, 5.41) is 2.74. The predicted octanol–water partition coefficient (Wildman–Crippen LogP) is 3.55. The second kappa shape index (κ2) is 7.16. The highest BCUT2D eigenvalue weighted by Gasteiger charge is 2.07. The van der Waals surface area contributed by atoms with E-state index in [1.165, 1.54) is 13.2 Å². The molecule has 1 heterocycles. The molecule has 2 rings (SSSR count). The summed E-state index contributed by atoms with van der Waals surface area (Å²) in [5.74, 6) is 1.54. The lowest BCUT2D eigenvalue weighted by molar-refractivity contribution is -0.111. The zero-order valence-electron chi connectivity index (χ0n) is 11.6. The van der Waals surface area contributed by atoms with Crippen molar-refractivity contribution >= 4 is 40.3 Å². The smallest absolute Gasteiger partial charge is 0.248 e. The number of amides is 1. The van der Waals surface area contributed by atoms with E-state index in [2.05, 4.69) is 27.9 Å². The molecule has 1 aromatic carbocycles. The third-order valence-electron chi connectivity index (χ3n) is 2.66. The molecule has 6 heteroatoms. The highest BCUT2D eigenvalue weighted by molar-refractivity contribution is 14.1. The number of ether oxygens (including phenoxy) is 2. The van der Waals surface area contributed by atoms with Crippen LogP contribution in [0.4, 0.5) is 5.69 Å². The number of furan rings is 1. The molecule has 0 atom stereocenters. The molecule has 0 saturated heterocycles. The molecule has 21 heavy (non-hydrogen) atoms. The van der Waals surface area contributed by atoms with E-state index < -0.39 is 0 Å². The van der Waals surface area contributed by atoms with Crippen LogP contribution >= 0.6 is 22.6 Å². The quantitative estimate of drug-likeness (QED) is 0.617. The lowest BCUT2D eigenvalue weighted by Crippen LogP contribution is -2.08. The van der Waals surface area contributed by atoms with Crippen LogP contribution in [-0.2, 0) is 4.79 Å². The van der Waals surface area contributed by atoms with Crippen LogP contribution in [-0.4, -0.2) is 20.1 Å². The minimum Gasteiger partial charge on any atom is -0.497 e. The second-order valence-electron chi connectivity index (χ2n) is 4.03. The molecule has 0 fully saturated rings. The van der Waals surface area contributed by atoms with Crippen molar-refractivity contribution in [2.75, 3.05) is 19.5 Å². The summed E-state index contributed by atoms with van der Waals surface area (Å²) in [6, 6.07) is 8.79. The van der Waals surface area contributed by atoms with Gasteiger partial charge in [0.05, 0.1) is 19.9 Å². The van der Waals surface area contributed by atoms with E-state index in [4.69, 9.17) is 13.9 Å². The van der Waals surface area contributed by atoms with E-state index in [1.807, 2.05) is 6.07 Å². The van der Waals surface area contributed by atoms with Crippen molar-refractivity contribution in [3.8, 4) is 11.5 Å². The molecule has 1 amide bonds. The first-order valence-corrected chi connectivity index (χ1v) is 7.16. The summed E-state index contributed by atoms with van der Waals surface area (Å²) in [6.45, 7) is 0. The van der Waals surface area contributed by atoms with Gasteiger partial charge in [0.15, 0.2) is 3.77 Å². The number of rotatable bonds is 5. The number of carbonyl (C=O) groups excluding carboxylic acids is 1. The maximum absolute atomic E-state index is 11.9. The van der Waals surface area contributed by atoms with E-state index in [9.17, 15) is 4.79 Å². The zero-order chi connectivity index (χ0) is 15.2. The minimum atomic E-state index is -0.273. The lowest BCUT2D eigenvalue weighted by atomic mass is 10.2. The molecule has 0 spiro atoms. The molecule has 0 radical (unpaired) electrons. The molecule has 0 saturated carbocycles. The summed E-state index contributed by atoms with van der Waals surface area (Å²) in [7, 11) is 3.10. The van der Waals surface area contributed by atoms with Crippen molar-refractivity contribution in [2.45, 2.75) is 0 Å². The Labute approximate surface area is 136 Å². The van der Waals surface area contributed by atoms with Crippen molar-refractivity contribution in [3.05, 3.63) is 45.9 Å². The van der Waals surface area contributed by atoms with Gasteiger partial charge in [-0.3, -0.25) is 4.79 Å². The van der Waals surface area contributed by atoms with Crippen LogP contribution < -0.4 is 14.8 Å². The molecule has 1 N–H and O–H groups in total. The van der Waals surface area contributed by atoms with E-state index in [-0.39, 0.29) is 5.91 Å². The molecule has 0 aliphatic rings. The van der Waals surface area contributed by atoms with E-state index in [1.54, 1.807) is 37.5 Å². The Bertz CT molecular complexity index is 663. The van der Waals surface area contributed by atoms with Crippen LogP contribution in [0.1, 0.15) is 5.76 Å². The Morgan fingerprint density at radius 3 is 2.67 bits per heavy atom. The Morgan fingerprint density at radius 1 is 1.24 bits per heavy atom. The molecule has 0 bridgehead atoms. The van der Waals surface area contributed by atoms with Gasteiger partial charge in [-0.25, -0.2) is 0 Å². The molecule has 0 aliphatic carbocycles. The normalized spacial score (nSPS) is 10.6. The van der Waals surface area contributed by atoms with Gasteiger partial charge < -0.3 is 19.2 Å².